The van der Waals surface area contributed by atoms with Crippen LogP contribution in [-0.4, -0.2) is 186 Å². The van der Waals surface area contributed by atoms with Gasteiger partial charge in [0.2, 0.25) is 29.5 Å². The summed E-state index contributed by atoms with van der Waals surface area (Å²) in [6.45, 7) is 13.5. The average molecular weight is 1320 g/mol. The lowest BCUT2D eigenvalue weighted by Gasteiger charge is -2.33. The first-order valence-electron chi connectivity index (χ1n) is 30.3. The number of phosphoric ester groups is 2. The second kappa shape index (κ2) is 38.0. The molecule has 3 rings (SSSR count). The number of nitrogens with one attached hydrogen (secondary N) is 5. The highest BCUT2D eigenvalue weighted by molar-refractivity contribution is 7.61. The van der Waals surface area contributed by atoms with Gasteiger partial charge < -0.3 is 60.4 Å². The SMILES string of the molecule is C/C=C(\C)[C@H]1OC(=O)[C@@H](C)NC(=O)[C@H](C(C)CC)NC(=O)CN(C)C(=O)[C@@H](Cc2ccccc2)N(C)C(=O)[C@H](C)NC(=O)[C@@H](CC(C)C)OC(=O)/C(C)=C/C[C@H](OC(=O)NCCOP(=O)(O)OP(=O)(O)OCCNC(=O)CCCCCCN2C(=O)C=CC2=O)[C@@H]1C. The largest absolute Gasteiger partial charge is 0.481 e. The fourth-order valence-electron chi connectivity index (χ4n) is 9.36. The van der Waals surface area contributed by atoms with Crippen LogP contribution < -0.4 is 26.6 Å². The Bertz CT molecular complexity index is 2890. The molecule has 0 saturated carbocycles. The third-order valence-corrected chi connectivity index (χ3v) is 17.7. The number of allylic oxidation sites excluding steroid dienone is 1. The van der Waals surface area contributed by atoms with E-state index in [4.69, 9.17) is 23.3 Å². The number of esters is 2. The molecule has 508 valence electrons. The molecule has 7 N–H and O–H groups in total. The maximum absolute atomic E-state index is 14.3. The number of phosphoric acid groups is 2. The van der Waals surface area contributed by atoms with Crippen molar-refractivity contribution in [2.75, 3.05) is 53.5 Å². The number of hydrogen-bond acceptors (Lipinski definition) is 19. The molecule has 1 aromatic rings. The third-order valence-electron chi connectivity index (χ3n) is 15.0. The smallest absolute Gasteiger partial charge is 0.456 e. The van der Waals surface area contributed by atoms with Crippen molar-refractivity contribution in [3.63, 3.8) is 0 Å². The summed E-state index contributed by atoms with van der Waals surface area (Å²) in [4.78, 5) is 171. The molecule has 0 radical (unpaired) electrons. The molecule has 0 aromatic heterocycles. The van der Waals surface area contributed by atoms with Gasteiger partial charge in [-0.2, -0.15) is 4.31 Å². The van der Waals surface area contributed by atoms with E-state index in [1.807, 2.05) is 0 Å². The van der Waals surface area contributed by atoms with Crippen molar-refractivity contribution < 1.29 is 99.2 Å². The summed E-state index contributed by atoms with van der Waals surface area (Å²) in [7, 11) is -7.88. The second-order valence-electron chi connectivity index (χ2n) is 22.9. The molecule has 0 fully saturated rings. The fourth-order valence-corrected chi connectivity index (χ4v) is 11.4. The van der Waals surface area contributed by atoms with E-state index in [0.717, 1.165) is 14.7 Å². The van der Waals surface area contributed by atoms with E-state index in [0.29, 0.717) is 43.2 Å². The van der Waals surface area contributed by atoms with Crippen LogP contribution in [0.2, 0.25) is 0 Å². The van der Waals surface area contributed by atoms with Crippen LogP contribution in [0, 0.1) is 17.8 Å². The third kappa shape index (κ3) is 26.9. The average Bonchev–Trinajstić information content (AvgIpc) is 2.13. The van der Waals surface area contributed by atoms with Crippen LogP contribution in [0.15, 0.2) is 65.8 Å². The number of amides is 9. The van der Waals surface area contributed by atoms with Gasteiger partial charge in [-0.3, -0.25) is 52.3 Å². The Balaban J connectivity index is 1.83. The van der Waals surface area contributed by atoms with Gasteiger partial charge >= 0.3 is 33.7 Å². The number of likely N-dealkylation sites (N-methyl/N-ethyl adjacent to an activating group) is 2. The topological polar surface area (TPSA) is 388 Å². The van der Waals surface area contributed by atoms with Gasteiger partial charge in [-0.05, 0) is 76.9 Å². The maximum atomic E-state index is 14.3. The molecule has 0 bridgehead atoms. The minimum Gasteiger partial charge on any atom is -0.456 e. The van der Waals surface area contributed by atoms with Gasteiger partial charge in [-0.1, -0.05) is 96.4 Å². The summed E-state index contributed by atoms with van der Waals surface area (Å²) >= 11 is 0. The van der Waals surface area contributed by atoms with Crippen molar-refractivity contribution in [2.45, 2.75) is 170 Å². The zero-order valence-corrected chi connectivity index (χ0v) is 55.8. The molecule has 9 amide bonds. The van der Waals surface area contributed by atoms with Gasteiger partial charge in [0.1, 0.15) is 36.4 Å². The van der Waals surface area contributed by atoms with Crippen molar-refractivity contribution in [1.29, 1.82) is 0 Å². The van der Waals surface area contributed by atoms with Crippen LogP contribution in [0.5, 0.6) is 0 Å². The maximum Gasteiger partial charge on any atom is 0.481 e. The first kappa shape index (κ1) is 78.1. The van der Waals surface area contributed by atoms with Crippen molar-refractivity contribution >= 4 is 80.9 Å². The van der Waals surface area contributed by atoms with Gasteiger partial charge in [-0.25, -0.2) is 23.5 Å². The van der Waals surface area contributed by atoms with E-state index in [9.17, 15) is 71.7 Å². The first-order chi connectivity index (χ1) is 42.7. The molecule has 31 heteroatoms. The summed E-state index contributed by atoms with van der Waals surface area (Å²) in [6.07, 6.45) is 2.81. The number of carbonyl (C=O) groups excluding carboxylic acids is 11. The van der Waals surface area contributed by atoms with Crippen molar-refractivity contribution in [3.8, 4) is 0 Å². The van der Waals surface area contributed by atoms with E-state index in [1.54, 1.807) is 84.9 Å². The van der Waals surface area contributed by atoms with Gasteiger partial charge in [0.25, 0.3) is 17.7 Å². The molecule has 91 heavy (non-hydrogen) atoms. The number of benzene rings is 1. The molecule has 3 unspecified atom stereocenters. The minimum atomic E-state index is -5.36. The Hall–Kier alpha value is -7.13. The van der Waals surface area contributed by atoms with Crippen LogP contribution >= 0.6 is 15.6 Å². The first-order valence-corrected chi connectivity index (χ1v) is 33.3. The Morgan fingerprint density at radius 1 is 0.802 bits per heavy atom. The van der Waals surface area contributed by atoms with E-state index in [2.05, 4.69) is 30.9 Å². The fraction of sp³-hybridized carbons (Fsp3) is 0.617. The molecule has 2 aliphatic rings. The van der Waals surface area contributed by atoms with Crippen molar-refractivity contribution in [2.24, 2.45) is 17.8 Å². The number of hydrogen-bond donors (Lipinski definition) is 7. The molecule has 2 aliphatic heterocycles. The molecular formula is C60H92N8O21P2. The molecule has 29 nitrogen and oxygen atoms in total. The predicted molar refractivity (Wildman–Crippen MR) is 330 cm³/mol. The number of carbonyl (C=O) groups is 11. The summed E-state index contributed by atoms with van der Waals surface area (Å²) in [5.74, 6) is -8.42. The van der Waals surface area contributed by atoms with Gasteiger partial charge in [0.15, 0.2) is 6.10 Å². The lowest BCUT2D eigenvalue weighted by atomic mass is 9.90. The van der Waals surface area contributed by atoms with Crippen LogP contribution in [0.1, 0.15) is 126 Å². The van der Waals surface area contributed by atoms with Crippen LogP contribution in [0.25, 0.3) is 0 Å². The standard InChI is InChI=1S/C60H92N8O21P2/c1-13-38(5)52-55(74)64-43(10)59(78)88-53(39(6)14-2)41(8)46(87-60(79)62-30-33-85-91(82,83)89-90(80,81)84-32-29-61-48(69)24-20-15-16-21-31-68-50(71)27-28-51(68)72)26-25-40(7)58(77)86-47(34-37(3)4)54(73)63-42(9)56(75)67(12)45(35-44-22-18-17-19-23-44)57(76)66(11)36-49(70)65-52/h14,17-19,22-23,25,27-28,37-38,41-43,45-47,52-53H,13,15-16,20-21,24,26,29-36H2,1-12H3,(H,61,69)(H,62,79)(H,63,73)(H,64,74)(H,65,70)(H,80,81)(H,82,83)/b39-14+,40-25+/t38?,41-,42-,43+,45+,46-,47+,52-,53+/m0/s1. The quantitative estimate of drug-likeness (QED) is 0.0180. The highest BCUT2D eigenvalue weighted by Crippen LogP contribution is 2.60. The van der Waals surface area contributed by atoms with E-state index >= 15 is 0 Å². The number of nitrogens with zero attached hydrogens (tertiary/aromatic N) is 3. The number of rotatable bonds is 25. The summed E-state index contributed by atoms with van der Waals surface area (Å²) in [5.41, 5.74) is 1.06. The minimum absolute atomic E-state index is 0.00753. The van der Waals surface area contributed by atoms with E-state index in [1.165, 1.54) is 53.1 Å². The molecule has 11 atom stereocenters. The van der Waals surface area contributed by atoms with E-state index in [-0.39, 0.29) is 62.1 Å². The van der Waals surface area contributed by atoms with Crippen molar-refractivity contribution in [1.82, 2.24) is 41.3 Å². The predicted octanol–water partition coefficient (Wildman–Crippen LogP) is 4.21. The monoisotopic (exact) mass is 1320 g/mol. The number of unbranched alkanes of at least 4 members (excludes halogenated alkanes) is 3. The van der Waals surface area contributed by atoms with Gasteiger partial charge in [-0.15, -0.1) is 0 Å². The summed E-state index contributed by atoms with van der Waals surface area (Å²) < 4.78 is 56.7. The lowest BCUT2D eigenvalue weighted by Crippen LogP contribution is -2.57. The Morgan fingerprint density at radius 2 is 1.40 bits per heavy atom. The molecule has 0 aliphatic carbocycles. The van der Waals surface area contributed by atoms with Crippen LogP contribution in [0.4, 0.5) is 4.79 Å². The zero-order valence-electron chi connectivity index (χ0n) is 54.0. The number of alkyl carbamates (subject to hydrolysis) is 1. The molecule has 0 saturated heterocycles. The molecular weight excluding hydrogens is 1230 g/mol. The second-order valence-corrected chi connectivity index (χ2v) is 25.9. The Labute approximate surface area is 531 Å². The highest BCUT2D eigenvalue weighted by Gasteiger charge is 2.39. The van der Waals surface area contributed by atoms with E-state index < -0.39 is 150 Å². The van der Waals surface area contributed by atoms with Crippen molar-refractivity contribution in [3.05, 3.63) is 71.3 Å². The highest BCUT2D eigenvalue weighted by atomic mass is 31.3. The molecule has 0 spiro atoms. The molecule has 2 heterocycles. The zero-order chi connectivity index (χ0) is 68.3. The van der Waals surface area contributed by atoms with Crippen LogP contribution in [0.3, 0.4) is 0 Å². The molecule has 1 aromatic carbocycles. The normalized spacial score (nSPS) is 24.9. The summed E-state index contributed by atoms with van der Waals surface area (Å²) in [6, 6.07) is 3.77. The van der Waals surface area contributed by atoms with Gasteiger partial charge in [0.05, 0.1) is 19.8 Å². The Morgan fingerprint density at radius 3 is 1.99 bits per heavy atom. The lowest BCUT2D eigenvalue weighted by molar-refractivity contribution is -0.155. The van der Waals surface area contributed by atoms with Crippen LogP contribution in [-0.2, 0) is 91.1 Å². The number of imide groups is 1. The van der Waals surface area contributed by atoms with Gasteiger partial charge in [0, 0.05) is 76.6 Å². The summed E-state index contributed by atoms with van der Waals surface area (Å²) in [5, 5.41) is 12.7. The number of cyclic esters (lactones) is 2. The Kier molecular flexibility index (Phi) is 32.6. The number of ether oxygens (including phenoxy) is 3.